The second-order valence-electron chi connectivity index (χ2n) is 6.09. The molecule has 136 valence electrons. The first-order chi connectivity index (χ1) is 13.1. The maximum absolute atomic E-state index is 12.4. The lowest BCUT2D eigenvalue weighted by Gasteiger charge is -2.13. The summed E-state index contributed by atoms with van der Waals surface area (Å²) in [6, 6.07) is 19.9. The van der Waals surface area contributed by atoms with Gasteiger partial charge in [0.2, 0.25) is 0 Å². The number of rotatable bonds is 4. The molecule has 0 radical (unpaired) electrons. The van der Waals surface area contributed by atoms with E-state index in [0.29, 0.717) is 22.0 Å². The summed E-state index contributed by atoms with van der Waals surface area (Å²) in [5.74, 6) is 1.26. The summed E-state index contributed by atoms with van der Waals surface area (Å²) in [5, 5.41) is 6.83. The Morgan fingerprint density at radius 2 is 1.93 bits per heavy atom. The lowest BCUT2D eigenvalue weighted by atomic mass is 10.1. The zero-order valence-electron chi connectivity index (χ0n) is 14.5. The van der Waals surface area contributed by atoms with Crippen molar-refractivity contribution in [1.82, 2.24) is 0 Å². The monoisotopic (exact) mass is 380 g/mol. The standard InChI is InChI=1S/C21H17ClN2O3/c1-26-17-8-5-13(6-9-17)20(25)23-16-4-2-3-14(11-16)21-24-18-12-15(22)7-10-19(18)27-21/h2-12,21,24H,1H3,(H,23,25). The van der Waals surface area contributed by atoms with Crippen LogP contribution in [0.3, 0.4) is 0 Å². The van der Waals surface area contributed by atoms with Gasteiger partial charge in [0.25, 0.3) is 5.91 Å². The molecule has 0 spiro atoms. The van der Waals surface area contributed by atoms with Crippen LogP contribution in [-0.2, 0) is 0 Å². The summed E-state index contributed by atoms with van der Waals surface area (Å²) in [7, 11) is 1.59. The van der Waals surface area contributed by atoms with Crippen LogP contribution in [0.4, 0.5) is 11.4 Å². The van der Waals surface area contributed by atoms with E-state index >= 15 is 0 Å². The van der Waals surface area contributed by atoms with Crippen molar-refractivity contribution < 1.29 is 14.3 Å². The van der Waals surface area contributed by atoms with Crippen LogP contribution >= 0.6 is 11.6 Å². The summed E-state index contributed by atoms with van der Waals surface area (Å²) < 4.78 is 11.0. The van der Waals surface area contributed by atoms with E-state index in [1.807, 2.05) is 36.4 Å². The fraction of sp³-hybridized carbons (Fsp3) is 0.0952. The van der Waals surface area contributed by atoms with Crippen molar-refractivity contribution in [2.24, 2.45) is 0 Å². The van der Waals surface area contributed by atoms with Crippen LogP contribution in [0.1, 0.15) is 22.1 Å². The Balaban J connectivity index is 1.49. The van der Waals surface area contributed by atoms with Crippen LogP contribution in [0.5, 0.6) is 11.5 Å². The predicted molar refractivity (Wildman–Crippen MR) is 106 cm³/mol. The molecule has 0 aliphatic carbocycles. The van der Waals surface area contributed by atoms with Gasteiger partial charge < -0.3 is 20.1 Å². The van der Waals surface area contributed by atoms with Gasteiger partial charge >= 0.3 is 0 Å². The molecule has 1 aliphatic heterocycles. The first kappa shape index (κ1) is 17.2. The minimum atomic E-state index is -0.337. The molecular weight excluding hydrogens is 364 g/mol. The van der Waals surface area contributed by atoms with Gasteiger partial charge in [-0.15, -0.1) is 0 Å². The molecule has 0 bridgehead atoms. The number of anilines is 2. The third kappa shape index (κ3) is 3.68. The number of benzene rings is 3. The van der Waals surface area contributed by atoms with E-state index in [-0.39, 0.29) is 12.1 Å². The molecule has 6 heteroatoms. The van der Waals surface area contributed by atoms with Gasteiger partial charge in [-0.2, -0.15) is 0 Å². The van der Waals surface area contributed by atoms with E-state index in [4.69, 9.17) is 21.1 Å². The van der Waals surface area contributed by atoms with Gasteiger partial charge in [0.05, 0.1) is 12.8 Å². The van der Waals surface area contributed by atoms with Crippen LogP contribution in [-0.4, -0.2) is 13.0 Å². The van der Waals surface area contributed by atoms with E-state index < -0.39 is 0 Å². The zero-order chi connectivity index (χ0) is 18.8. The molecule has 2 N–H and O–H groups in total. The van der Waals surface area contributed by atoms with Crippen molar-refractivity contribution in [3.05, 3.63) is 82.9 Å². The van der Waals surface area contributed by atoms with E-state index in [1.165, 1.54) is 0 Å². The Morgan fingerprint density at radius 1 is 1.11 bits per heavy atom. The van der Waals surface area contributed by atoms with Gasteiger partial charge in [-0.1, -0.05) is 23.7 Å². The number of amides is 1. The van der Waals surface area contributed by atoms with E-state index in [2.05, 4.69) is 10.6 Å². The first-order valence-corrected chi connectivity index (χ1v) is 8.78. The predicted octanol–water partition coefficient (Wildman–Crippen LogP) is 5.10. The molecule has 1 atom stereocenters. The van der Waals surface area contributed by atoms with Crippen LogP contribution < -0.4 is 20.1 Å². The van der Waals surface area contributed by atoms with Crippen molar-refractivity contribution >= 4 is 28.9 Å². The molecule has 0 saturated carbocycles. The maximum atomic E-state index is 12.4. The highest BCUT2D eigenvalue weighted by atomic mass is 35.5. The van der Waals surface area contributed by atoms with Crippen LogP contribution in [0.2, 0.25) is 5.02 Å². The molecule has 1 aliphatic rings. The summed E-state index contributed by atoms with van der Waals surface area (Å²) in [6.07, 6.45) is -0.337. The quantitative estimate of drug-likeness (QED) is 0.660. The molecule has 1 heterocycles. The third-order valence-electron chi connectivity index (χ3n) is 4.27. The molecule has 0 fully saturated rings. The van der Waals surface area contributed by atoms with Crippen molar-refractivity contribution in [2.75, 3.05) is 17.7 Å². The Hall–Kier alpha value is -3.18. The summed E-state index contributed by atoms with van der Waals surface area (Å²) in [6.45, 7) is 0. The van der Waals surface area contributed by atoms with E-state index in [9.17, 15) is 4.79 Å². The second-order valence-corrected chi connectivity index (χ2v) is 6.53. The van der Waals surface area contributed by atoms with Crippen molar-refractivity contribution in [3.8, 4) is 11.5 Å². The molecule has 4 rings (SSSR count). The summed E-state index contributed by atoms with van der Waals surface area (Å²) in [5.41, 5.74) is 2.99. The number of halogens is 1. The number of carbonyl (C=O) groups excluding carboxylic acids is 1. The first-order valence-electron chi connectivity index (χ1n) is 8.40. The lowest BCUT2D eigenvalue weighted by Crippen LogP contribution is -2.14. The van der Waals surface area contributed by atoms with Crippen molar-refractivity contribution in [3.63, 3.8) is 0 Å². The zero-order valence-corrected chi connectivity index (χ0v) is 15.3. The van der Waals surface area contributed by atoms with E-state index in [1.54, 1.807) is 37.4 Å². The van der Waals surface area contributed by atoms with Gasteiger partial charge in [-0.05, 0) is 54.6 Å². The summed E-state index contributed by atoms with van der Waals surface area (Å²) >= 11 is 6.03. The van der Waals surface area contributed by atoms with Gasteiger partial charge in [0.15, 0.2) is 6.23 Å². The third-order valence-corrected chi connectivity index (χ3v) is 4.51. The number of methoxy groups -OCH3 is 1. The van der Waals surface area contributed by atoms with Crippen molar-refractivity contribution in [1.29, 1.82) is 0 Å². The molecule has 0 aromatic heterocycles. The SMILES string of the molecule is COc1ccc(C(=O)Nc2cccc(C3Nc4cc(Cl)ccc4O3)c2)cc1. The Kier molecular flexibility index (Phi) is 4.60. The Bertz CT molecular complexity index is 989. The molecule has 27 heavy (non-hydrogen) atoms. The lowest BCUT2D eigenvalue weighted by molar-refractivity contribution is 0.102. The average Bonchev–Trinajstić information content (AvgIpc) is 3.11. The number of fused-ring (bicyclic) bond motifs is 1. The fourth-order valence-electron chi connectivity index (χ4n) is 2.89. The van der Waals surface area contributed by atoms with E-state index in [0.717, 1.165) is 17.0 Å². The fourth-order valence-corrected chi connectivity index (χ4v) is 3.06. The highest BCUT2D eigenvalue weighted by Crippen LogP contribution is 2.39. The number of hydrogen-bond donors (Lipinski definition) is 2. The van der Waals surface area contributed by atoms with Crippen LogP contribution in [0.25, 0.3) is 0 Å². The number of nitrogens with one attached hydrogen (secondary N) is 2. The minimum absolute atomic E-state index is 0.190. The largest absolute Gasteiger partial charge is 0.497 e. The normalized spacial score (nSPS) is 14.7. The average molecular weight is 381 g/mol. The van der Waals surface area contributed by atoms with Gasteiger partial charge in [0, 0.05) is 21.8 Å². The molecular formula is C21H17ClN2O3. The molecule has 0 saturated heterocycles. The summed E-state index contributed by atoms with van der Waals surface area (Å²) in [4.78, 5) is 12.4. The highest BCUT2D eigenvalue weighted by molar-refractivity contribution is 6.31. The van der Waals surface area contributed by atoms with Crippen LogP contribution in [0, 0.1) is 0 Å². The smallest absolute Gasteiger partial charge is 0.255 e. The Labute approximate surface area is 161 Å². The number of ether oxygens (including phenoxy) is 2. The molecule has 3 aromatic rings. The number of hydrogen-bond acceptors (Lipinski definition) is 4. The van der Waals surface area contributed by atoms with Gasteiger partial charge in [0.1, 0.15) is 11.5 Å². The topological polar surface area (TPSA) is 59.6 Å². The minimum Gasteiger partial charge on any atom is -0.497 e. The van der Waals surface area contributed by atoms with Gasteiger partial charge in [-0.3, -0.25) is 4.79 Å². The van der Waals surface area contributed by atoms with Crippen LogP contribution in [0.15, 0.2) is 66.7 Å². The maximum Gasteiger partial charge on any atom is 0.255 e. The van der Waals surface area contributed by atoms with Gasteiger partial charge in [-0.25, -0.2) is 0 Å². The Morgan fingerprint density at radius 3 is 2.70 bits per heavy atom. The molecule has 1 amide bonds. The molecule has 3 aromatic carbocycles. The van der Waals surface area contributed by atoms with Crippen molar-refractivity contribution in [2.45, 2.75) is 6.23 Å². The number of carbonyl (C=O) groups is 1. The molecule has 5 nitrogen and oxygen atoms in total. The highest BCUT2D eigenvalue weighted by Gasteiger charge is 2.23. The second kappa shape index (κ2) is 7.21. The molecule has 1 unspecified atom stereocenters.